The fourth-order valence-corrected chi connectivity index (χ4v) is 3.98. The van der Waals surface area contributed by atoms with Gasteiger partial charge in [0.2, 0.25) is 0 Å². The molecule has 0 saturated heterocycles. The number of fused-ring (bicyclic) bond motifs is 1. The first-order valence-corrected chi connectivity index (χ1v) is 8.36. The molecule has 1 fully saturated rings. The number of benzene rings is 1. The van der Waals surface area contributed by atoms with E-state index in [2.05, 4.69) is 37.1 Å². The molecular formula is C18H28N2O. The summed E-state index contributed by atoms with van der Waals surface area (Å²) >= 11 is 0. The zero-order valence-electron chi connectivity index (χ0n) is 13.3. The maximum Gasteiger partial charge on any atom is 0.122 e. The summed E-state index contributed by atoms with van der Waals surface area (Å²) < 4.78 is 5.61. The molecule has 2 N–H and O–H groups in total. The molecule has 1 aliphatic carbocycles. The van der Waals surface area contributed by atoms with E-state index < -0.39 is 0 Å². The van der Waals surface area contributed by atoms with Crippen LogP contribution in [0.5, 0.6) is 5.75 Å². The molecule has 0 spiro atoms. The standard InChI is InChI=1S/C18H28N2O/c1-13-4-3-5-16(10-13)20(2)17(12-19)14-6-7-18-15(11-14)8-9-21-18/h6-7,11,13,16-17H,3-5,8-10,12,19H2,1-2H3. The van der Waals surface area contributed by atoms with Crippen LogP contribution < -0.4 is 10.5 Å². The van der Waals surface area contributed by atoms with E-state index in [4.69, 9.17) is 10.5 Å². The van der Waals surface area contributed by atoms with E-state index in [9.17, 15) is 0 Å². The average Bonchev–Trinajstić information content (AvgIpc) is 2.95. The lowest BCUT2D eigenvalue weighted by molar-refractivity contribution is 0.121. The van der Waals surface area contributed by atoms with Crippen LogP contribution >= 0.6 is 0 Å². The highest BCUT2D eigenvalue weighted by molar-refractivity contribution is 5.41. The van der Waals surface area contributed by atoms with E-state index in [0.29, 0.717) is 18.6 Å². The largest absolute Gasteiger partial charge is 0.493 e. The van der Waals surface area contributed by atoms with Crippen molar-refractivity contribution < 1.29 is 4.74 Å². The van der Waals surface area contributed by atoms with Gasteiger partial charge in [-0.3, -0.25) is 4.90 Å². The zero-order valence-corrected chi connectivity index (χ0v) is 13.3. The van der Waals surface area contributed by atoms with Gasteiger partial charge in [0.1, 0.15) is 5.75 Å². The molecule has 0 bridgehead atoms. The van der Waals surface area contributed by atoms with Crippen LogP contribution in [-0.4, -0.2) is 31.1 Å². The van der Waals surface area contributed by atoms with Gasteiger partial charge < -0.3 is 10.5 Å². The van der Waals surface area contributed by atoms with Gasteiger partial charge in [0, 0.05) is 25.0 Å². The Bertz CT molecular complexity index is 488. The molecule has 3 heteroatoms. The molecule has 116 valence electrons. The Labute approximate surface area is 128 Å². The predicted molar refractivity (Wildman–Crippen MR) is 86.6 cm³/mol. The lowest BCUT2D eigenvalue weighted by Gasteiger charge is -2.39. The topological polar surface area (TPSA) is 38.5 Å². The Morgan fingerprint density at radius 3 is 3.00 bits per heavy atom. The highest BCUT2D eigenvalue weighted by Gasteiger charge is 2.28. The van der Waals surface area contributed by atoms with Gasteiger partial charge in [-0.2, -0.15) is 0 Å². The second-order valence-electron chi connectivity index (χ2n) is 6.81. The van der Waals surface area contributed by atoms with Crippen LogP contribution in [0.3, 0.4) is 0 Å². The molecule has 1 saturated carbocycles. The predicted octanol–water partition coefficient (Wildman–Crippen LogP) is 3.13. The van der Waals surface area contributed by atoms with Crippen LogP contribution in [0, 0.1) is 5.92 Å². The molecule has 2 aliphatic rings. The number of rotatable bonds is 4. The molecular weight excluding hydrogens is 260 g/mol. The monoisotopic (exact) mass is 288 g/mol. The van der Waals surface area contributed by atoms with Crippen LogP contribution in [0.25, 0.3) is 0 Å². The molecule has 0 aromatic heterocycles. The molecule has 1 aromatic carbocycles. The first-order valence-electron chi connectivity index (χ1n) is 8.36. The molecule has 1 heterocycles. The normalized spacial score (nSPS) is 26.5. The molecule has 3 unspecified atom stereocenters. The van der Waals surface area contributed by atoms with Crippen molar-refractivity contribution in [2.45, 2.75) is 51.1 Å². The molecule has 3 rings (SSSR count). The maximum absolute atomic E-state index is 6.12. The van der Waals surface area contributed by atoms with Gasteiger partial charge in [-0.1, -0.05) is 31.9 Å². The minimum absolute atomic E-state index is 0.325. The van der Waals surface area contributed by atoms with Crippen molar-refractivity contribution in [1.29, 1.82) is 0 Å². The average molecular weight is 288 g/mol. The molecule has 1 aliphatic heterocycles. The molecule has 21 heavy (non-hydrogen) atoms. The number of hydrogen-bond acceptors (Lipinski definition) is 3. The molecule has 3 atom stereocenters. The van der Waals surface area contributed by atoms with Gasteiger partial charge in [-0.25, -0.2) is 0 Å². The zero-order chi connectivity index (χ0) is 14.8. The van der Waals surface area contributed by atoms with Crippen molar-refractivity contribution in [2.75, 3.05) is 20.2 Å². The van der Waals surface area contributed by atoms with Crippen molar-refractivity contribution in [3.05, 3.63) is 29.3 Å². The molecule has 3 nitrogen and oxygen atoms in total. The Hall–Kier alpha value is -1.06. The number of nitrogens with zero attached hydrogens (tertiary/aromatic N) is 1. The second-order valence-corrected chi connectivity index (χ2v) is 6.81. The fourth-order valence-electron chi connectivity index (χ4n) is 3.98. The second kappa shape index (κ2) is 6.37. The van der Waals surface area contributed by atoms with Crippen LogP contribution in [0.1, 0.15) is 49.8 Å². The summed E-state index contributed by atoms with van der Waals surface area (Å²) in [5, 5.41) is 0. The van der Waals surface area contributed by atoms with Gasteiger partial charge in [-0.15, -0.1) is 0 Å². The van der Waals surface area contributed by atoms with E-state index >= 15 is 0 Å². The Morgan fingerprint density at radius 1 is 1.38 bits per heavy atom. The third-order valence-electron chi connectivity index (χ3n) is 5.30. The quantitative estimate of drug-likeness (QED) is 0.925. The summed E-state index contributed by atoms with van der Waals surface area (Å²) in [5.74, 6) is 1.90. The fraction of sp³-hybridized carbons (Fsp3) is 0.667. The minimum atomic E-state index is 0.325. The van der Waals surface area contributed by atoms with Gasteiger partial charge >= 0.3 is 0 Å². The van der Waals surface area contributed by atoms with Gasteiger partial charge in [0.05, 0.1) is 6.61 Å². The minimum Gasteiger partial charge on any atom is -0.493 e. The van der Waals surface area contributed by atoms with E-state index in [-0.39, 0.29) is 0 Å². The third kappa shape index (κ3) is 3.09. The number of hydrogen-bond donors (Lipinski definition) is 1. The highest BCUT2D eigenvalue weighted by Crippen LogP contribution is 2.33. The summed E-state index contributed by atoms with van der Waals surface area (Å²) in [6.45, 7) is 3.88. The van der Waals surface area contributed by atoms with E-state index in [1.807, 2.05) is 0 Å². The Kier molecular flexibility index (Phi) is 4.51. The van der Waals surface area contributed by atoms with Crippen LogP contribution in [0.2, 0.25) is 0 Å². The summed E-state index contributed by atoms with van der Waals surface area (Å²) in [4.78, 5) is 2.52. The molecule has 0 amide bonds. The van der Waals surface area contributed by atoms with Crippen molar-refractivity contribution in [2.24, 2.45) is 11.7 Å². The molecule has 0 radical (unpaired) electrons. The molecule has 1 aromatic rings. The SMILES string of the molecule is CC1CCCC(N(C)C(CN)c2ccc3c(c2)CCO3)C1. The van der Waals surface area contributed by atoms with Crippen LogP contribution in [0.4, 0.5) is 0 Å². The first-order chi connectivity index (χ1) is 10.2. The lowest BCUT2D eigenvalue weighted by Crippen LogP contribution is -2.41. The van der Waals surface area contributed by atoms with Crippen molar-refractivity contribution >= 4 is 0 Å². The maximum atomic E-state index is 6.12. The number of likely N-dealkylation sites (N-methyl/N-ethyl adjacent to an activating group) is 1. The van der Waals surface area contributed by atoms with E-state index in [0.717, 1.165) is 24.7 Å². The Balaban J connectivity index is 1.77. The highest BCUT2D eigenvalue weighted by atomic mass is 16.5. The Morgan fingerprint density at radius 2 is 2.24 bits per heavy atom. The van der Waals surface area contributed by atoms with Crippen molar-refractivity contribution in [1.82, 2.24) is 4.90 Å². The van der Waals surface area contributed by atoms with Crippen LogP contribution in [0.15, 0.2) is 18.2 Å². The van der Waals surface area contributed by atoms with Crippen LogP contribution in [-0.2, 0) is 6.42 Å². The third-order valence-corrected chi connectivity index (χ3v) is 5.30. The summed E-state index contributed by atoms with van der Waals surface area (Å²) in [6.07, 6.45) is 6.39. The smallest absolute Gasteiger partial charge is 0.122 e. The first kappa shape index (κ1) is 14.9. The van der Waals surface area contributed by atoms with Gasteiger partial charge in [-0.05, 0) is 43.0 Å². The lowest BCUT2D eigenvalue weighted by atomic mass is 9.85. The van der Waals surface area contributed by atoms with E-state index in [1.54, 1.807) is 0 Å². The number of ether oxygens (including phenoxy) is 1. The van der Waals surface area contributed by atoms with E-state index in [1.165, 1.54) is 36.8 Å². The number of nitrogens with two attached hydrogens (primary N) is 1. The van der Waals surface area contributed by atoms with Gasteiger partial charge in [0.15, 0.2) is 0 Å². The van der Waals surface area contributed by atoms with Crippen molar-refractivity contribution in [3.63, 3.8) is 0 Å². The summed E-state index contributed by atoms with van der Waals surface area (Å²) in [6, 6.07) is 7.63. The summed E-state index contributed by atoms with van der Waals surface area (Å²) in [5.41, 5.74) is 8.81. The van der Waals surface area contributed by atoms with Crippen molar-refractivity contribution in [3.8, 4) is 5.75 Å². The summed E-state index contributed by atoms with van der Waals surface area (Å²) in [7, 11) is 2.25. The van der Waals surface area contributed by atoms with Gasteiger partial charge in [0.25, 0.3) is 0 Å².